The van der Waals surface area contributed by atoms with Crippen molar-refractivity contribution in [3.8, 4) is 0 Å². The van der Waals surface area contributed by atoms with Crippen LogP contribution in [0.1, 0.15) is 173 Å². The van der Waals surface area contributed by atoms with E-state index in [-0.39, 0.29) is 49.9 Å². The second kappa shape index (κ2) is 37.1. The van der Waals surface area contributed by atoms with Crippen molar-refractivity contribution in [3.05, 3.63) is 0 Å². The smallest absolute Gasteiger partial charge is 0.329 e. The van der Waals surface area contributed by atoms with Crippen LogP contribution in [-0.2, 0) is 57.5 Å². The number of amides is 9. The van der Waals surface area contributed by atoms with Crippen molar-refractivity contribution in [2.75, 3.05) is 13.2 Å². The van der Waals surface area contributed by atoms with Crippen LogP contribution in [0.3, 0.4) is 0 Å². The van der Waals surface area contributed by atoms with Gasteiger partial charge in [-0.05, 0) is 68.6 Å². The molecule has 458 valence electrons. The molecule has 0 aliphatic carbocycles. The van der Waals surface area contributed by atoms with Gasteiger partial charge in [0.25, 0.3) is 0 Å². The highest BCUT2D eigenvalue weighted by molar-refractivity contribution is 5.99. The Morgan fingerprint density at radius 2 is 1.06 bits per heavy atom. The summed E-state index contributed by atoms with van der Waals surface area (Å²) in [6, 6.07) is -14.1. The fourth-order valence-corrected chi connectivity index (χ4v) is 8.79. The van der Waals surface area contributed by atoms with Crippen LogP contribution in [0.15, 0.2) is 0 Å². The minimum atomic E-state index is -1.95. The Hall–Kier alpha value is -5.95. The van der Waals surface area contributed by atoms with E-state index in [9.17, 15) is 73.2 Å². The minimum absolute atomic E-state index is 0.00997. The van der Waals surface area contributed by atoms with Crippen molar-refractivity contribution in [2.45, 2.75) is 240 Å². The zero-order valence-corrected chi connectivity index (χ0v) is 49.2. The number of carbonyl (C=O) groups excluding carboxylic acids is 10. The van der Waals surface area contributed by atoms with Crippen molar-refractivity contribution in [1.29, 1.82) is 0 Å². The molecule has 80 heavy (non-hydrogen) atoms. The number of cyclic esters (lactones) is 1. The Kier molecular flexibility index (Phi) is 33.5. The van der Waals surface area contributed by atoms with Gasteiger partial charge in [0.05, 0.1) is 25.7 Å². The van der Waals surface area contributed by atoms with Gasteiger partial charge in [-0.25, -0.2) is 4.79 Å². The molecule has 1 aliphatic heterocycles. The maximum Gasteiger partial charge on any atom is 0.329 e. The normalized spacial score (nSPS) is 23.9. The second-order valence-electron chi connectivity index (χ2n) is 22.8. The number of aliphatic hydroxyl groups is 3. The van der Waals surface area contributed by atoms with Crippen molar-refractivity contribution in [3.63, 3.8) is 0 Å². The van der Waals surface area contributed by atoms with Crippen LogP contribution in [0.4, 0.5) is 0 Å². The van der Waals surface area contributed by atoms with Gasteiger partial charge < -0.3 is 73.0 Å². The molecule has 1 rings (SSSR count). The number of esters is 1. The molecule has 0 radical (unpaired) electrons. The molecular weight excluding hydrogens is 1040 g/mol. The summed E-state index contributed by atoms with van der Waals surface area (Å²) >= 11 is 0. The molecule has 0 bridgehead atoms. The Bertz CT molecular complexity index is 2040. The molecule has 0 aromatic heterocycles. The summed E-state index contributed by atoms with van der Waals surface area (Å²) in [5.74, 6) is -13.4. The highest BCUT2D eigenvalue weighted by Gasteiger charge is 2.40. The van der Waals surface area contributed by atoms with E-state index in [1.54, 1.807) is 69.2 Å². The highest BCUT2D eigenvalue weighted by atomic mass is 16.5. The summed E-state index contributed by atoms with van der Waals surface area (Å²) in [5, 5.41) is 63.6. The standard InChI is InChI=1S/C55H97N9O16/c1-13-15-16-17-18-19-20-35(67)26-42(68)56-37(23-29(3)4)48(72)57-36(21-22-43(69)70)47(71)64-46-34(12)80-55(79)45(33(11)14-2)63-52(76)41(28-66)61-49(73)38(24-30(5)6)58-51(75)40(27-65)60-50(74)39(25-31(7)8)59-53(77)44(32(9)10)62-54(46)78/h29-41,44-46,65-67H,13-28H2,1-12H3,(H,56,68)(H,57,72)(H,58,75)(H,59,77)(H,60,74)(H,61,73)(H,62,78)(H,63,76)(H,64,71)(H,69,70)/t33?,34?,35-,36+,37-,38-,39-,40+,41+,44+,45-,46+/m0/s1. The molecule has 2 unspecified atom stereocenters. The molecule has 0 spiro atoms. The molecule has 1 aliphatic rings. The molecule has 0 aromatic rings. The van der Waals surface area contributed by atoms with Gasteiger partial charge in [0.15, 0.2) is 0 Å². The average molecular weight is 1140 g/mol. The Morgan fingerprint density at radius 1 is 0.575 bits per heavy atom. The van der Waals surface area contributed by atoms with Gasteiger partial charge >= 0.3 is 11.9 Å². The van der Waals surface area contributed by atoms with Crippen molar-refractivity contribution < 1.29 is 77.9 Å². The van der Waals surface area contributed by atoms with Crippen molar-refractivity contribution in [2.24, 2.45) is 29.6 Å². The lowest BCUT2D eigenvalue weighted by atomic mass is 9.98. The van der Waals surface area contributed by atoms with Gasteiger partial charge in [-0.2, -0.15) is 0 Å². The Labute approximate surface area is 471 Å². The first-order valence-corrected chi connectivity index (χ1v) is 28.5. The number of hydrogen-bond donors (Lipinski definition) is 13. The van der Waals surface area contributed by atoms with Gasteiger partial charge in [-0.1, -0.05) is 121 Å². The van der Waals surface area contributed by atoms with E-state index in [2.05, 4.69) is 54.8 Å². The van der Waals surface area contributed by atoms with Gasteiger partial charge in [-0.3, -0.25) is 47.9 Å². The first-order valence-electron chi connectivity index (χ1n) is 28.5. The first kappa shape index (κ1) is 72.1. The summed E-state index contributed by atoms with van der Waals surface area (Å²) in [6.45, 7) is 18.3. The molecule has 1 heterocycles. The second-order valence-corrected chi connectivity index (χ2v) is 22.8. The molecule has 12 atom stereocenters. The van der Waals surface area contributed by atoms with Crippen LogP contribution in [0.25, 0.3) is 0 Å². The third-order valence-electron chi connectivity index (χ3n) is 13.6. The Balaban J connectivity index is 3.96. The quantitative estimate of drug-likeness (QED) is 0.0374. The van der Waals surface area contributed by atoms with Crippen LogP contribution < -0.4 is 47.9 Å². The highest BCUT2D eigenvalue weighted by Crippen LogP contribution is 2.17. The molecule has 25 nitrogen and oxygen atoms in total. The minimum Gasteiger partial charge on any atom is -0.481 e. The third kappa shape index (κ3) is 26.5. The molecule has 1 saturated heterocycles. The average Bonchev–Trinajstić information content (AvgIpc) is 3.36. The van der Waals surface area contributed by atoms with Gasteiger partial charge in [0, 0.05) is 6.42 Å². The molecular formula is C55H97N9O16. The number of rotatable bonds is 28. The monoisotopic (exact) mass is 1140 g/mol. The van der Waals surface area contributed by atoms with E-state index in [1.807, 2.05) is 0 Å². The van der Waals surface area contributed by atoms with E-state index in [0.29, 0.717) is 12.8 Å². The van der Waals surface area contributed by atoms with Crippen molar-refractivity contribution >= 4 is 65.1 Å². The number of carboxylic acid groups (broad SMARTS) is 1. The first-order chi connectivity index (χ1) is 37.5. The van der Waals surface area contributed by atoms with Gasteiger partial charge in [0.2, 0.25) is 53.2 Å². The lowest BCUT2D eigenvalue weighted by Crippen LogP contribution is -2.64. The third-order valence-corrected chi connectivity index (χ3v) is 13.6. The zero-order chi connectivity index (χ0) is 61.0. The molecule has 25 heteroatoms. The molecule has 13 N–H and O–H groups in total. The van der Waals surface area contributed by atoms with Gasteiger partial charge in [-0.15, -0.1) is 0 Å². The predicted octanol–water partition coefficient (Wildman–Crippen LogP) is 0.486. The Morgan fingerprint density at radius 3 is 1.55 bits per heavy atom. The molecule has 0 saturated carbocycles. The maximum atomic E-state index is 14.7. The van der Waals surface area contributed by atoms with Crippen LogP contribution in [-0.4, -0.2) is 165 Å². The molecule has 0 aromatic carbocycles. The number of aliphatic hydroxyl groups excluding tert-OH is 3. The van der Waals surface area contributed by atoms with Crippen molar-refractivity contribution in [1.82, 2.24) is 47.9 Å². The summed E-state index contributed by atoms with van der Waals surface area (Å²) in [5.41, 5.74) is 0. The fraction of sp³-hybridized carbons (Fsp3) is 0.800. The predicted molar refractivity (Wildman–Crippen MR) is 295 cm³/mol. The van der Waals surface area contributed by atoms with E-state index in [0.717, 1.165) is 32.1 Å². The largest absolute Gasteiger partial charge is 0.481 e. The lowest BCUT2D eigenvalue weighted by molar-refractivity contribution is -0.158. The van der Waals surface area contributed by atoms with Crippen LogP contribution in [0, 0.1) is 29.6 Å². The topological polar surface area (TPSA) is 386 Å². The van der Waals surface area contributed by atoms with E-state index in [4.69, 9.17) is 4.74 Å². The number of carboxylic acids is 1. The van der Waals surface area contributed by atoms with E-state index >= 15 is 0 Å². The zero-order valence-electron chi connectivity index (χ0n) is 49.2. The summed E-state index contributed by atoms with van der Waals surface area (Å²) in [4.78, 5) is 152. The molecule has 1 fully saturated rings. The molecule has 9 amide bonds. The fourth-order valence-electron chi connectivity index (χ4n) is 8.79. The summed E-state index contributed by atoms with van der Waals surface area (Å²) in [7, 11) is 0. The summed E-state index contributed by atoms with van der Waals surface area (Å²) < 4.78 is 5.82. The SMILES string of the molecule is CCCCCCCC[C@H](O)CC(=O)N[C@@H](CC(C)C)C(=O)N[C@H](CCC(=O)O)C(=O)N[C@H]1C(=O)N[C@H](C(C)C)C(=O)N[C@@H](CC(C)C)C(=O)N[C@H](CO)C(=O)N[C@@H](CC(C)C)C(=O)N[C@H](CO)C(=O)N[C@@H](C(C)CC)C(=O)OC1C. The summed E-state index contributed by atoms with van der Waals surface area (Å²) in [6.07, 6.45) is 2.25. The maximum absolute atomic E-state index is 14.7. The van der Waals surface area contributed by atoms with E-state index < -0.39 is 170 Å². The number of nitrogens with one attached hydrogen (secondary N) is 9. The number of ether oxygens (including phenoxy) is 1. The van der Waals surface area contributed by atoms with Gasteiger partial charge in [0.1, 0.15) is 60.5 Å². The number of hydrogen-bond acceptors (Lipinski definition) is 15. The van der Waals surface area contributed by atoms with Crippen LogP contribution >= 0.6 is 0 Å². The number of aliphatic carboxylic acids is 1. The number of carbonyl (C=O) groups is 11. The number of unbranched alkanes of at least 4 members (excludes halogenated alkanes) is 5. The van der Waals surface area contributed by atoms with Crippen LogP contribution in [0.2, 0.25) is 0 Å². The van der Waals surface area contributed by atoms with E-state index in [1.165, 1.54) is 6.92 Å². The lowest BCUT2D eigenvalue weighted by Gasteiger charge is -2.32. The van der Waals surface area contributed by atoms with Crippen LogP contribution in [0.5, 0.6) is 0 Å².